The molecule has 5 rings (SSSR count). The van der Waals surface area contributed by atoms with Crippen molar-refractivity contribution in [2.45, 2.75) is 63.7 Å². The molecule has 0 radical (unpaired) electrons. The van der Waals surface area contributed by atoms with Gasteiger partial charge in [0.2, 0.25) is 0 Å². The molecule has 5 nitrogen and oxygen atoms in total. The first-order chi connectivity index (χ1) is 16.3. The van der Waals surface area contributed by atoms with E-state index in [-0.39, 0.29) is 23.5 Å². The van der Waals surface area contributed by atoms with E-state index in [0.29, 0.717) is 24.2 Å². The van der Waals surface area contributed by atoms with Crippen molar-refractivity contribution in [3.63, 3.8) is 0 Å². The van der Waals surface area contributed by atoms with Crippen LogP contribution in [0.3, 0.4) is 0 Å². The molecule has 2 aromatic rings. The minimum Gasteiger partial charge on any atom is -0.357 e. The van der Waals surface area contributed by atoms with E-state index in [9.17, 15) is 9.59 Å². The maximum atomic E-state index is 13.1. The number of hydrogen-bond donors (Lipinski definition) is 0. The number of rotatable bonds is 3. The van der Waals surface area contributed by atoms with E-state index in [1.807, 2.05) is 6.07 Å². The van der Waals surface area contributed by atoms with E-state index in [0.717, 1.165) is 32.2 Å². The first kappa shape index (κ1) is 22.8. The number of hydrogen-bond acceptors (Lipinski definition) is 4. The fourth-order valence-electron chi connectivity index (χ4n) is 5.66. The predicted molar refractivity (Wildman–Crippen MR) is 131 cm³/mol. The molecule has 0 unspecified atom stereocenters. The van der Waals surface area contributed by atoms with E-state index in [1.165, 1.54) is 16.0 Å². The van der Waals surface area contributed by atoms with Gasteiger partial charge >= 0.3 is 0 Å². The molecular weight excluding hydrogens is 424 g/mol. The molecule has 0 N–H and O–H groups in total. The zero-order chi connectivity index (χ0) is 23.9. The van der Waals surface area contributed by atoms with Crippen LogP contribution >= 0.6 is 0 Å². The van der Waals surface area contributed by atoms with Crippen LogP contribution in [0.4, 0.5) is 0 Å². The first-order valence-corrected chi connectivity index (χ1v) is 12.2. The number of imide groups is 1. The lowest BCUT2D eigenvalue weighted by molar-refractivity contribution is -0.135. The Morgan fingerprint density at radius 3 is 2.35 bits per heavy atom. The molecule has 2 atom stereocenters. The van der Waals surface area contributed by atoms with Crippen LogP contribution in [0.2, 0.25) is 0 Å². The van der Waals surface area contributed by atoms with Gasteiger partial charge in [-0.05, 0) is 69.7 Å². The van der Waals surface area contributed by atoms with Crippen molar-refractivity contribution < 1.29 is 14.3 Å². The summed E-state index contributed by atoms with van der Waals surface area (Å²) >= 11 is 0. The molecule has 0 saturated carbocycles. The molecule has 5 heteroatoms. The number of fused-ring (bicyclic) bond motifs is 2. The summed E-state index contributed by atoms with van der Waals surface area (Å²) in [5, 5.41) is 0. The summed E-state index contributed by atoms with van der Waals surface area (Å²) in [7, 11) is 0. The summed E-state index contributed by atoms with van der Waals surface area (Å²) < 4.78 is 6.32. The monoisotopic (exact) mass is 456 g/mol. The van der Waals surface area contributed by atoms with Gasteiger partial charge < -0.3 is 4.74 Å². The Morgan fingerprint density at radius 2 is 1.65 bits per heavy atom. The van der Waals surface area contributed by atoms with Crippen LogP contribution in [0.5, 0.6) is 0 Å². The molecule has 2 aromatic carbocycles. The Balaban J connectivity index is 1.39. The highest BCUT2D eigenvalue weighted by Crippen LogP contribution is 2.35. The Labute approximate surface area is 202 Å². The van der Waals surface area contributed by atoms with Crippen LogP contribution in [-0.2, 0) is 11.2 Å². The number of carbonyl (C=O) groups is 2. The number of nitrogens with zero attached hydrogens (tertiary/aromatic N) is 2. The highest BCUT2D eigenvalue weighted by atomic mass is 16.5. The molecule has 3 heterocycles. The number of benzene rings is 2. The van der Waals surface area contributed by atoms with Gasteiger partial charge in [-0.25, -0.2) is 0 Å². The van der Waals surface area contributed by atoms with Crippen LogP contribution in [0.1, 0.15) is 77.9 Å². The summed E-state index contributed by atoms with van der Waals surface area (Å²) in [6, 6.07) is 15.3. The average Bonchev–Trinajstić information content (AvgIpc) is 3.04. The molecule has 3 aliphatic rings. The van der Waals surface area contributed by atoms with Crippen molar-refractivity contribution in [1.82, 2.24) is 9.80 Å². The quantitative estimate of drug-likeness (QED) is 0.499. The van der Waals surface area contributed by atoms with Crippen molar-refractivity contribution in [2.75, 3.05) is 19.6 Å². The van der Waals surface area contributed by atoms with Gasteiger partial charge in [0.15, 0.2) is 0 Å². The summed E-state index contributed by atoms with van der Waals surface area (Å²) in [6.07, 6.45) is 4.02. The summed E-state index contributed by atoms with van der Waals surface area (Å²) in [5.41, 5.74) is 2.85. The summed E-state index contributed by atoms with van der Waals surface area (Å²) in [4.78, 5) is 29.8. The van der Waals surface area contributed by atoms with E-state index < -0.39 is 5.60 Å². The van der Waals surface area contributed by atoms with E-state index in [2.05, 4.69) is 55.7 Å². The second kappa shape index (κ2) is 8.69. The first-order valence-electron chi connectivity index (χ1n) is 12.2. The standard InChI is InChI=1S/C29H32N2O3/c1-28(2)15-8-16-29(3,34-28)17-9-18-30-19-14-21-10-4-5-11-22(21)25(30)20-31-26(32)23-12-6-7-13-24(23)27(31)33/h4-7,10-13,25H,8,14-16,18-20H2,1-3H3/t25-,29-/m0/s1. The number of carbonyl (C=O) groups excluding carboxylic acids is 2. The molecule has 0 aromatic heterocycles. The third kappa shape index (κ3) is 4.29. The zero-order valence-corrected chi connectivity index (χ0v) is 20.3. The van der Waals surface area contributed by atoms with Gasteiger partial charge in [0.1, 0.15) is 5.60 Å². The van der Waals surface area contributed by atoms with Crippen LogP contribution < -0.4 is 0 Å². The van der Waals surface area contributed by atoms with Crippen LogP contribution in [-0.4, -0.2) is 52.5 Å². The van der Waals surface area contributed by atoms with Crippen LogP contribution in [0.15, 0.2) is 48.5 Å². The molecular formula is C29H32N2O3. The van der Waals surface area contributed by atoms with Gasteiger partial charge in [0, 0.05) is 13.1 Å². The largest absolute Gasteiger partial charge is 0.357 e. The predicted octanol–water partition coefficient (Wildman–Crippen LogP) is 4.62. The van der Waals surface area contributed by atoms with Gasteiger partial charge in [0.25, 0.3) is 11.8 Å². The Hall–Kier alpha value is -2.94. The summed E-state index contributed by atoms with van der Waals surface area (Å²) in [5.74, 6) is 6.38. The Bertz CT molecular complexity index is 1160. The smallest absolute Gasteiger partial charge is 0.261 e. The summed E-state index contributed by atoms with van der Waals surface area (Å²) in [6.45, 7) is 8.08. The maximum Gasteiger partial charge on any atom is 0.261 e. The SMILES string of the molecule is CC1(C)CCC[C@@](C)(C#CCN2CCc3ccccc3[C@@H]2CN2C(=O)c3ccccc3C2=O)O1. The van der Waals surface area contributed by atoms with Crippen molar-refractivity contribution in [3.05, 3.63) is 70.8 Å². The van der Waals surface area contributed by atoms with Crippen molar-refractivity contribution >= 4 is 11.8 Å². The molecule has 176 valence electrons. The normalized spacial score (nSPS) is 26.0. The molecule has 1 fully saturated rings. The third-order valence-corrected chi connectivity index (χ3v) is 7.33. The molecule has 1 saturated heterocycles. The fourth-order valence-corrected chi connectivity index (χ4v) is 5.66. The van der Waals surface area contributed by atoms with E-state index in [4.69, 9.17) is 4.74 Å². The lowest BCUT2D eigenvalue weighted by Gasteiger charge is -2.40. The molecule has 0 aliphatic carbocycles. The van der Waals surface area contributed by atoms with Gasteiger partial charge in [-0.15, -0.1) is 0 Å². The van der Waals surface area contributed by atoms with Gasteiger partial charge in [-0.2, -0.15) is 0 Å². The van der Waals surface area contributed by atoms with Crippen LogP contribution in [0, 0.1) is 11.8 Å². The number of ether oxygens (including phenoxy) is 1. The molecule has 2 amide bonds. The van der Waals surface area contributed by atoms with Crippen molar-refractivity contribution in [3.8, 4) is 11.8 Å². The number of amides is 2. The lowest BCUT2D eigenvalue weighted by atomic mass is 9.88. The molecule has 34 heavy (non-hydrogen) atoms. The van der Waals surface area contributed by atoms with Crippen molar-refractivity contribution in [2.24, 2.45) is 0 Å². The second-order valence-corrected chi connectivity index (χ2v) is 10.4. The average molecular weight is 457 g/mol. The highest BCUT2D eigenvalue weighted by Gasteiger charge is 2.39. The minimum absolute atomic E-state index is 0.0852. The molecule has 0 spiro atoms. The molecule has 3 aliphatic heterocycles. The maximum absolute atomic E-state index is 13.1. The highest BCUT2D eigenvalue weighted by molar-refractivity contribution is 6.21. The van der Waals surface area contributed by atoms with E-state index in [1.54, 1.807) is 24.3 Å². The minimum atomic E-state index is -0.437. The van der Waals surface area contributed by atoms with Gasteiger partial charge in [0.05, 0.1) is 29.3 Å². The fraction of sp³-hybridized carbons (Fsp3) is 0.448. The Kier molecular flexibility index (Phi) is 5.83. The van der Waals surface area contributed by atoms with Crippen molar-refractivity contribution in [1.29, 1.82) is 0 Å². The van der Waals surface area contributed by atoms with E-state index >= 15 is 0 Å². The topological polar surface area (TPSA) is 49.9 Å². The second-order valence-electron chi connectivity index (χ2n) is 10.4. The van der Waals surface area contributed by atoms with Gasteiger partial charge in [-0.1, -0.05) is 48.2 Å². The Morgan fingerprint density at radius 1 is 0.971 bits per heavy atom. The zero-order valence-electron chi connectivity index (χ0n) is 20.3. The third-order valence-electron chi connectivity index (χ3n) is 7.33. The lowest BCUT2D eigenvalue weighted by Crippen LogP contribution is -2.44. The molecule has 0 bridgehead atoms. The van der Waals surface area contributed by atoms with Crippen LogP contribution in [0.25, 0.3) is 0 Å². The van der Waals surface area contributed by atoms with Gasteiger partial charge in [-0.3, -0.25) is 19.4 Å².